The van der Waals surface area contributed by atoms with Crippen LogP contribution in [0, 0.1) is 5.92 Å². The summed E-state index contributed by atoms with van der Waals surface area (Å²) < 4.78 is 0. The van der Waals surface area contributed by atoms with Gasteiger partial charge < -0.3 is 5.73 Å². The Labute approximate surface area is 97.9 Å². The van der Waals surface area contributed by atoms with Gasteiger partial charge in [-0.1, -0.05) is 6.92 Å². The minimum absolute atomic E-state index is 0.0345. The van der Waals surface area contributed by atoms with E-state index in [0.29, 0.717) is 6.54 Å². The summed E-state index contributed by atoms with van der Waals surface area (Å²) in [4.78, 5) is 12.2. The average Bonchev–Trinajstić information content (AvgIpc) is 2.51. The van der Waals surface area contributed by atoms with Gasteiger partial charge in [-0.15, -0.1) is 0 Å². The Balaban J connectivity index is 2.82. The van der Waals surface area contributed by atoms with Gasteiger partial charge in [-0.2, -0.15) is 5.10 Å². The maximum atomic E-state index is 12.2. The van der Waals surface area contributed by atoms with Gasteiger partial charge in [-0.3, -0.25) is 4.79 Å². The molecule has 92 valence electrons. The minimum atomic E-state index is -0.227. The molecule has 1 aliphatic heterocycles. The largest absolute Gasteiger partial charge is 0.330 e. The molecule has 1 unspecified atom stereocenters. The molecule has 0 spiro atoms. The Bertz CT molecular complexity index is 291. The molecule has 1 rings (SSSR count). The number of hydrogen-bond acceptors (Lipinski definition) is 3. The summed E-state index contributed by atoms with van der Waals surface area (Å²) in [5.41, 5.74) is 6.28. The lowest BCUT2D eigenvalue weighted by Gasteiger charge is -2.28. The summed E-state index contributed by atoms with van der Waals surface area (Å²) in [6.45, 7) is 8.71. The maximum absolute atomic E-state index is 12.2. The third kappa shape index (κ3) is 2.61. The Hall–Kier alpha value is -0.900. The first-order valence-electron chi connectivity index (χ1n) is 6.03. The predicted molar refractivity (Wildman–Crippen MR) is 66.1 cm³/mol. The molecule has 1 amide bonds. The van der Waals surface area contributed by atoms with E-state index >= 15 is 0 Å². The second kappa shape index (κ2) is 4.95. The van der Waals surface area contributed by atoms with Crippen molar-refractivity contribution in [1.82, 2.24) is 5.01 Å². The van der Waals surface area contributed by atoms with Crippen LogP contribution in [0.2, 0.25) is 0 Å². The Morgan fingerprint density at radius 3 is 2.50 bits per heavy atom. The molecule has 0 radical (unpaired) electrons. The van der Waals surface area contributed by atoms with Crippen molar-refractivity contribution in [3.63, 3.8) is 0 Å². The van der Waals surface area contributed by atoms with Crippen molar-refractivity contribution in [3.8, 4) is 0 Å². The molecular weight excluding hydrogens is 202 g/mol. The van der Waals surface area contributed by atoms with Gasteiger partial charge >= 0.3 is 0 Å². The van der Waals surface area contributed by atoms with E-state index in [0.717, 1.165) is 25.0 Å². The zero-order chi connectivity index (χ0) is 12.3. The van der Waals surface area contributed by atoms with Crippen molar-refractivity contribution in [2.75, 3.05) is 6.54 Å². The van der Waals surface area contributed by atoms with Crippen molar-refractivity contribution in [2.45, 2.75) is 52.5 Å². The molecule has 1 aliphatic rings. The Morgan fingerprint density at radius 1 is 1.44 bits per heavy atom. The number of hydrogen-bond donors (Lipinski definition) is 1. The van der Waals surface area contributed by atoms with Gasteiger partial charge in [0.1, 0.15) is 0 Å². The fourth-order valence-corrected chi connectivity index (χ4v) is 1.95. The third-order valence-electron chi connectivity index (χ3n) is 2.83. The maximum Gasteiger partial charge on any atom is 0.252 e. The minimum Gasteiger partial charge on any atom is -0.330 e. The van der Waals surface area contributed by atoms with Crippen molar-refractivity contribution >= 4 is 11.6 Å². The monoisotopic (exact) mass is 225 g/mol. The van der Waals surface area contributed by atoms with Crippen LogP contribution in [0.5, 0.6) is 0 Å². The lowest BCUT2D eigenvalue weighted by molar-refractivity contribution is -0.136. The molecule has 1 heterocycles. The summed E-state index contributed by atoms with van der Waals surface area (Å²) >= 11 is 0. The highest BCUT2D eigenvalue weighted by molar-refractivity contribution is 6.08. The van der Waals surface area contributed by atoms with Crippen LogP contribution in [0.4, 0.5) is 0 Å². The SMILES string of the molecule is CCC1=NN(C(C)(C)C)C(=O)C1CCCN. The zero-order valence-electron chi connectivity index (χ0n) is 10.8. The second-order valence-corrected chi connectivity index (χ2v) is 5.25. The van der Waals surface area contributed by atoms with E-state index in [1.54, 1.807) is 5.01 Å². The molecule has 4 heteroatoms. The topological polar surface area (TPSA) is 58.7 Å². The summed E-state index contributed by atoms with van der Waals surface area (Å²) in [5, 5.41) is 6.08. The molecule has 0 aromatic heterocycles. The number of carbonyl (C=O) groups is 1. The van der Waals surface area contributed by atoms with Crippen LogP contribution in [0.25, 0.3) is 0 Å². The first-order valence-corrected chi connectivity index (χ1v) is 6.03. The van der Waals surface area contributed by atoms with Gasteiger partial charge in [0.25, 0.3) is 5.91 Å². The number of nitrogens with zero attached hydrogens (tertiary/aromatic N) is 2. The lowest BCUT2D eigenvalue weighted by Crippen LogP contribution is -2.41. The van der Waals surface area contributed by atoms with E-state index < -0.39 is 0 Å². The van der Waals surface area contributed by atoms with E-state index in [-0.39, 0.29) is 17.4 Å². The van der Waals surface area contributed by atoms with Crippen LogP contribution in [0.3, 0.4) is 0 Å². The molecule has 0 aromatic carbocycles. The fraction of sp³-hybridized carbons (Fsp3) is 0.833. The first kappa shape index (κ1) is 13.2. The Morgan fingerprint density at radius 2 is 2.06 bits per heavy atom. The summed E-state index contributed by atoms with van der Waals surface area (Å²) in [6, 6.07) is 0. The molecule has 4 nitrogen and oxygen atoms in total. The average molecular weight is 225 g/mol. The highest BCUT2D eigenvalue weighted by Gasteiger charge is 2.39. The molecule has 2 N–H and O–H groups in total. The van der Waals surface area contributed by atoms with E-state index in [4.69, 9.17) is 5.73 Å². The van der Waals surface area contributed by atoms with Crippen molar-refractivity contribution < 1.29 is 4.79 Å². The van der Waals surface area contributed by atoms with Crippen LogP contribution in [-0.2, 0) is 4.79 Å². The smallest absolute Gasteiger partial charge is 0.252 e. The molecule has 0 fully saturated rings. The van der Waals surface area contributed by atoms with Gasteiger partial charge in [0.05, 0.1) is 17.2 Å². The number of amides is 1. The van der Waals surface area contributed by atoms with Gasteiger partial charge in [-0.05, 0) is 46.6 Å². The lowest BCUT2D eigenvalue weighted by atomic mass is 9.95. The van der Waals surface area contributed by atoms with Crippen molar-refractivity contribution in [2.24, 2.45) is 16.8 Å². The van der Waals surface area contributed by atoms with Crippen molar-refractivity contribution in [1.29, 1.82) is 0 Å². The molecule has 16 heavy (non-hydrogen) atoms. The quantitative estimate of drug-likeness (QED) is 0.792. The molecule has 0 aliphatic carbocycles. The van der Waals surface area contributed by atoms with Crippen LogP contribution >= 0.6 is 0 Å². The van der Waals surface area contributed by atoms with E-state index in [1.165, 1.54) is 0 Å². The molecule has 0 saturated heterocycles. The summed E-state index contributed by atoms with van der Waals surface area (Å²) in [5.74, 6) is 0.102. The van der Waals surface area contributed by atoms with Gasteiger partial charge in [-0.25, -0.2) is 5.01 Å². The van der Waals surface area contributed by atoms with Crippen LogP contribution in [0.1, 0.15) is 47.0 Å². The third-order valence-corrected chi connectivity index (χ3v) is 2.83. The molecule has 0 bridgehead atoms. The molecule has 0 saturated carbocycles. The van der Waals surface area contributed by atoms with E-state index in [2.05, 4.69) is 5.10 Å². The number of carbonyl (C=O) groups excluding carboxylic acids is 1. The Kier molecular flexibility index (Phi) is 4.08. The number of hydrazone groups is 1. The van der Waals surface area contributed by atoms with E-state index in [1.807, 2.05) is 27.7 Å². The number of rotatable bonds is 4. The molecule has 0 aromatic rings. The second-order valence-electron chi connectivity index (χ2n) is 5.25. The highest BCUT2D eigenvalue weighted by Crippen LogP contribution is 2.28. The summed E-state index contributed by atoms with van der Waals surface area (Å²) in [7, 11) is 0. The number of nitrogens with two attached hydrogens (primary N) is 1. The van der Waals surface area contributed by atoms with Crippen LogP contribution < -0.4 is 5.73 Å². The standard InChI is InChI=1S/C12H23N3O/c1-5-10-9(7-6-8-13)11(16)15(14-10)12(2,3)4/h9H,5-8,13H2,1-4H3. The van der Waals surface area contributed by atoms with Crippen LogP contribution in [0.15, 0.2) is 5.10 Å². The van der Waals surface area contributed by atoms with Gasteiger partial charge in [0.15, 0.2) is 0 Å². The molecule has 1 atom stereocenters. The first-order chi connectivity index (χ1) is 7.41. The van der Waals surface area contributed by atoms with E-state index in [9.17, 15) is 4.79 Å². The highest BCUT2D eigenvalue weighted by atomic mass is 16.2. The van der Waals surface area contributed by atoms with Gasteiger partial charge in [0, 0.05) is 0 Å². The van der Waals surface area contributed by atoms with Crippen molar-refractivity contribution in [3.05, 3.63) is 0 Å². The molecular formula is C12H23N3O. The van der Waals surface area contributed by atoms with Gasteiger partial charge in [0.2, 0.25) is 0 Å². The summed E-state index contributed by atoms with van der Waals surface area (Å²) in [6.07, 6.45) is 2.55. The predicted octanol–water partition coefficient (Wildman–Crippen LogP) is 1.75. The van der Waals surface area contributed by atoms with Crippen LogP contribution in [-0.4, -0.2) is 28.7 Å². The fourth-order valence-electron chi connectivity index (χ4n) is 1.95. The normalized spacial score (nSPS) is 21.6. The zero-order valence-corrected chi connectivity index (χ0v) is 10.8.